The van der Waals surface area contributed by atoms with Crippen molar-refractivity contribution in [2.24, 2.45) is 5.92 Å². The first kappa shape index (κ1) is 9.78. The minimum atomic E-state index is 0.711. The number of rotatable bonds is 5. The van der Waals surface area contributed by atoms with E-state index in [1.54, 1.807) is 0 Å². The monoisotopic (exact) mass is 193 g/mol. The third-order valence-electron chi connectivity index (χ3n) is 2.96. The fourth-order valence-corrected chi connectivity index (χ4v) is 1.84. The molecule has 0 aliphatic heterocycles. The highest BCUT2D eigenvalue weighted by atomic mass is 16.3. The van der Waals surface area contributed by atoms with E-state index in [0.29, 0.717) is 5.92 Å². The third kappa shape index (κ3) is 2.18. The van der Waals surface area contributed by atoms with Gasteiger partial charge >= 0.3 is 0 Å². The number of likely N-dealkylation sites (N-methyl/N-ethyl adjacent to an activating group) is 1. The summed E-state index contributed by atoms with van der Waals surface area (Å²) >= 11 is 0. The minimum absolute atomic E-state index is 0.711. The smallest absolute Gasteiger partial charge is 0.107 e. The lowest BCUT2D eigenvalue weighted by Crippen LogP contribution is -2.15. The van der Waals surface area contributed by atoms with E-state index in [2.05, 4.69) is 31.3 Å². The fraction of sp³-hybridized carbons (Fsp3) is 0.667. The highest BCUT2D eigenvalue weighted by Gasteiger charge is 2.36. The normalized spacial score (nSPS) is 25.3. The maximum absolute atomic E-state index is 5.78. The largest absolute Gasteiger partial charge is 0.466 e. The van der Waals surface area contributed by atoms with Crippen LogP contribution in [0.1, 0.15) is 37.7 Å². The van der Waals surface area contributed by atoms with Crippen molar-refractivity contribution in [1.29, 1.82) is 0 Å². The highest BCUT2D eigenvalue weighted by Crippen LogP contribution is 2.47. The Labute approximate surface area is 85.7 Å². The Morgan fingerprint density at radius 2 is 2.29 bits per heavy atom. The van der Waals surface area contributed by atoms with Gasteiger partial charge in [-0.05, 0) is 31.0 Å². The summed E-state index contributed by atoms with van der Waals surface area (Å²) < 4.78 is 5.78. The van der Waals surface area contributed by atoms with Crippen molar-refractivity contribution >= 4 is 0 Å². The highest BCUT2D eigenvalue weighted by molar-refractivity contribution is 5.17. The SMILES string of the molecule is CCNCCc1ccc(C2CC2C)o1. The Morgan fingerprint density at radius 1 is 1.50 bits per heavy atom. The van der Waals surface area contributed by atoms with Gasteiger partial charge in [0.1, 0.15) is 11.5 Å². The van der Waals surface area contributed by atoms with Crippen LogP contribution in [-0.4, -0.2) is 13.1 Å². The van der Waals surface area contributed by atoms with E-state index in [1.807, 2.05) is 0 Å². The lowest BCUT2D eigenvalue weighted by Gasteiger charge is -1.98. The summed E-state index contributed by atoms with van der Waals surface area (Å²) in [4.78, 5) is 0. The van der Waals surface area contributed by atoms with Gasteiger partial charge in [0, 0.05) is 18.9 Å². The average Bonchev–Trinajstić information content (AvgIpc) is 2.74. The zero-order valence-electron chi connectivity index (χ0n) is 9.05. The average molecular weight is 193 g/mol. The first-order chi connectivity index (χ1) is 6.81. The molecule has 2 unspecified atom stereocenters. The standard InChI is InChI=1S/C12H19NO/c1-3-13-7-6-10-4-5-12(14-10)11-8-9(11)2/h4-5,9,11,13H,3,6-8H2,1-2H3. The molecule has 2 rings (SSSR count). The van der Waals surface area contributed by atoms with Crippen LogP contribution in [0, 0.1) is 5.92 Å². The molecule has 1 saturated carbocycles. The Morgan fingerprint density at radius 3 is 2.93 bits per heavy atom. The van der Waals surface area contributed by atoms with Gasteiger partial charge in [0.15, 0.2) is 0 Å². The number of nitrogens with one attached hydrogen (secondary N) is 1. The van der Waals surface area contributed by atoms with Crippen LogP contribution in [0.25, 0.3) is 0 Å². The van der Waals surface area contributed by atoms with Crippen LogP contribution in [0.4, 0.5) is 0 Å². The maximum atomic E-state index is 5.78. The molecule has 2 atom stereocenters. The van der Waals surface area contributed by atoms with Crippen LogP contribution in [0.15, 0.2) is 16.5 Å². The molecular formula is C12H19NO. The zero-order valence-corrected chi connectivity index (χ0v) is 9.05. The van der Waals surface area contributed by atoms with E-state index in [9.17, 15) is 0 Å². The number of furan rings is 1. The van der Waals surface area contributed by atoms with E-state index < -0.39 is 0 Å². The summed E-state index contributed by atoms with van der Waals surface area (Å²) in [7, 11) is 0. The van der Waals surface area contributed by atoms with E-state index >= 15 is 0 Å². The van der Waals surface area contributed by atoms with Crippen LogP contribution >= 0.6 is 0 Å². The molecule has 1 fully saturated rings. The van der Waals surface area contributed by atoms with Crippen LogP contribution in [0.2, 0.25) is 0 Å². The quantitative estimate of drug-likeness (QED) is 0.727. The van der Waals surface area contributed by atoms with E-state index in [-0.39, 0.29) is 0 Å². The predicted octanol–water partition coefficient (Wildman–Crippen LogP) is 2.56. The lowest BCUT2D eigenvalue weighted by atomic mass is 10.2. The van der Waals surface area contributed by atoms with Crippen molar-refractivity contribution in [2.75, 3.05) is 13.1 Å². The molecule has 0 bridgehead atoms. The van der Waals surface area contributed by atoms with E-state index in [1.165, 1.54) is 12.2 Å². The molecule has 0 radical (unpaired) electrons. The minimum Gasteiger partial charge on any atom is -0.466 e. The Kier molecular flexibility index (Phi) is 2.92. The fourth-order valence-electron chi connectivity index (χ4n) is 1.84. The maximum Gasteiger partial charge on any atom is 0.107 e. The van der Waals surface area contributed by atoms with E-state index in [4.69, 9.17) is 4.42 Å². The van der Waals surface area contributed by atoms with Crippen molar-refractivity contribution in [3.63, 3.8) is 0 Å². The van der Waals surface area contributed by atoms with Gasteiger partial charge in [-0.15, -0.1) is 0 Å². The molecule has 0 amide bonds. The molecule has 1 heterocycles. The molecule has 2 nitrogen and oxygen atoms in total. The molecule has 78 valence electrons. The Bertz CT molecular complexity index is 292. The molecule has 1 aromatic heterocycles. The van der Waals surface area contributed by atoms with Gasteiger partial charge in [-0.1, -0.05) is 13.8 Å². The van der Waals surface area contributed by atoms with Gasteiger partial charge in [0.05, 0.1) is 0 Å². The Balaban J connectivity index is 1.84. The molecular weight excluding hydrogens is 174 g/mol. The van der Waals surface area contributed by atoms with Gasteiger partial charge in [-0.25, -0.2) is 0 Å². The Hall–Kier alpha value is -0.760. The van der Waals surface area contributed by atoms with E-state index in [0.717, 1.165) is 31.2 Å². The van der Waals surface area contributed by atoms with Crippen molar-refractivity contribution in [3.8, 4) is 0 Å². The number of hydrogen-bond acceptors (Lipinski definition) is 2. The van der Waals surface area contributed by atoms with Crippen molar-refractivity contribution in [2.45, 2.75) is 32.6 Å². The van der Waals surface area contributed by atoms with Crippen molar-refractivity contribution < 1.29 is 4.42 Å². The van der Waals surface area contributed by atoms with Gasteiger partial charge in [-0.3, -0.25) is 0 Å². The second kappa shape index (κ2) is 4.18. The molecule has 1 aromatic rings. The molecule has 0 spiro atoms. The number of hydrogen-bond donors (Lipinski definition) is 1. The summed E-state index contributed by atoms with van der Waals surface area (Å²) in [5, 5.41) is 3.30. The summed E-state index contributed by atoms with van der Waals surface area (Å²) in [6, 6.07) is 4.27. The zero-order chi connectivity index (χ0) is 9.97. The van der Waals surface area contributed by atoms with Gasteiger partial charge < -0.3 is 9.73 Å². The molecule has 1 N–H and O–H groups in total. The van der Waals surface area contributed by atoms with Crippen molar-refractivity contribution in [1.82, 2.24) is 5.32 Å². The molecule has 14 heavy (non-hydrogen) atoms. The molecule has 1 aliphatic carbocycles. The van der Waals surface area contributed by atoms with Crippen LogP contribution in [0.5, 0.6) is 0 Å². The topological polar surface area (TPSA) is 25.2 Å². The van der Waals surface area contributed by atoms with Gasteiger partial charge in [-0.2, -0.15) is 0 Å². The van der Waals surface area contributed by atoms with Gasteiger partial charge in [0.25, 0.3) is 0 Å². The summed E-state index contributed by atoms with van der Waals surface area (Å²) in [6.07, 6.45) is 2.31. The first-order valence-electron chi connectivity index (χ1n) is 5.60. The third-order valence-corrected chi connectivity index (χ3v) is 2.96. The van der Waals surface area contributed by atoms with Crippen LogP contribution in [0.3, 0.4) is 0 Å². The second-order valence-corrected chi connectivity index (χ2v) is 4.23. The summed E-state index contributed by atoms with van der Waals surface area (Å²) in [5.74, 6) is 3.87. The van der Waals surface area contributed by atoms with Crippen LogP contribution in [-0.2, 0) is 6.42 Å². The second-order valence-electron chi connectivity index (χ2n) is 4.23. The first-order valence-corrected chi connectivity index (χ1v) is 5.60. The molecule has 1 aliphatic rings. The molecule has 0 saturated heterocycles. The lowest BCUT2D eigenvalue weighted by molar-refractivity contribution is 0.457. The predicted molar refractivity (Wildman–Crippen MR) is 57.5 cm³/mol. The molecule has 2 heteroatoms. The van der Waals surface area contributed by atoms with Gasteiger partial charge in [0.2, 0.25) is 0 Å². The van der Waals surface area contributed by atoms with Crippen molar-refractivity contribution in [3.05, 3.63) is 23.7 Å². The molecule has 0 aromatic carbocycles. The summed E-state index contributed by atoms with van der Waals surface area (Å²) in [6.45, 7) is 6.46. The van der Waals surface area contributed by atoms with Crippen LogP contribution < -0.4 is 5.32 Å². The summed E-state index contributed by atoms with van der Waals surface area (Å²) in [5.41, 5.74) is 0.